The van der Waals surface area contributed by atoms with Crippen molar-refractivity contribution in [1.29, 1.82) is 0 Å². The third-order valence-corrected chi connectivity index (χ3v) is 3.60. The second-order valence-electron chi connectivity index (χ2n) is 4.39. The zero-order valence-electron chi connectivity index (χ0n) is 9.93. The van der Waals surface area contributed by atoms with Crippen LogP contribution < -0.4 is 15.8 Å². The lowest BCUT2D eigenvalue weighted by Gasteiger charge is -2.10. The molecule has 0 spiro atoms. The Morgan fingerprint density at radius 1 is 1.39 bits per heavy atom. The van der Waals surface area contributed by atoms with E-state index in [4.69, 9.17) is 5.14 Å². The largest absolute Gasteiger partial charge is 0.335 e. The average molecular weight is 269 g/mol. The summed E-state index contributed by atoms with van der Waals surface area (Å²) in [5.41, 5.74) is 1.22. The second-order valence-corrected chi connectivity index (χ2v) is 5.96. The molecule has 0 heterocycles. The summed E-state index contributed by atoms with van der Waals surface area (Å²) in [6.45, 7) is 1.71. The van der Waals surface area contributed by atoms with Crippen molar-refractivity contribution in [3.63, 3.8) is 0 Å². The monoisotopic (exact) mass is 269 g/mol. The molecule has 1 aromatic rings. The molecule has 2 amide bonds. The van der Waals surface area contributed by atoms with Crippen molar-refractivity contribution in [1.82, 2.24) is 5.32 Å². The summed E-state index contributed by atoms with van der Waals surface area (Å²) in [6.07, 6.45) is 2.02. The minimum Gasteiger partial charge on any atom is -0.335 e. The minimum absolute atomic E-state index is 0.0353. The quantitative estimate of drug-likeness (QED) is 0.760. The Morgan fingerprint density at radius 3 is 2.56 bits per heavy atom. The molecule has 0 unspecified atom stereocenters. The van der Waals surface area contributed by atoms with Crippen molar-refractivity contribution in [3.8, 4) is 0 Å². The molecule has 0 radical (unpaired) electrons. The third-order valence-electron chi connectivity index (χ3n) is 2.69. The number of hydrogen-bond donors (Lipinski definition) is 3. The first-order chi connectivity index (χ1) is 8.36. The van der Waals surface area contributed by atoms with Crippen LogP contribution in [0.1, 0.15) is 18.4 Å². The average Bonchev–Trinajstić information content (AvgIpc) is 3.03. The van der Waals surface area contributed by atoms with Crippen LogP contribution in [0.15, 0.2) is 23.1 Å². The Hall–Kier alpha value is -1.60. The number of carbonyl (C=O) groups excluding carboxylic acids is 1. The highest BCUT2D eigenvalue weighted by Crippen LogP contribution is 2.21. The van der Waals surface area contributed by atoms with Crippen LogP contribution in [0.3, 0.4) is 0 Å². The summed E-state index contributed by atoms with van der Waals surface area (Å²) in [7, 11) is -3.71. The van der Waals surface area contributed by atoms with Gasteiger partial charge in [0.1, 0.15) is 0 Å². The van der Waals surface area contributed by atoms with Gasteiger partial charge in [0.05, 0.1) is 4.90 Å². The van der Waals surface area contributed by atoms with Gasteiger partial charge >= 0.3 is 6.03 Å². The fraction of sp³-hybridized carbons (Fsp3) is 0.364. The highest BCUT2D eigenvalue weighted by molar-refractivity contribution is 7.89. The Morgan fingerprint density at radius 2 is 2.06 bits per heavy atom. The van der Waals surface area contributed by atoms with Gasteiger partial charge in [0.25, 0.3) is 0 Å². The van der Waals surface area contributed by atoms with Gasteiger partial charge in [-0.05, 0) is 43.5 Å². The highest BCUT2D eigenvalue weighted by atomic mass is 32.2. The molecular weight excluding hydrogens is 254 g/mol. The van der Waals surface area contributed by atoms with Gasteiger partial charge in [0.15, 0.2) is 0 Å². The molecule has 0 bridgehead atoms. The van der Waals surface area contributed by atoms with Crippen LogP contribution in [0, 0.1) is 6.92 Å². The van der Waals surface area contributed by atoms with E-state index in [2.05, 4.69) is 10.6 Å². The van der Waals surface area contributed by atoms with E-state index >= 15 is 0 Å². The standard InChI is InChI=1S/C11H15N3O3S/c1-7-6-9(18(12,16)17)4-5-10(7)14-11(15)13-8-2-3-8/h4-6,8H,2-3H2,1H3,(H2,12,16,17)(H2,13,14,15). The van der Waals surface area contributed by atoms with Crippen LogP contribution in [-0.2, 0) is 10.0 Å². The molecule has 0 aromatic heterocycles. The Bertz CT molecular complexity index is 579. The summed E-state index contributed by atoms with van der Waals surface area (Å²) < 4.78 is 22.3. The minimum atomic E-state index is -3.71. The molecule has 0 aliphatic heterocycles. The van der Waals surface area contributed by atoms with Crippen molar-refractivity contribution in [2.75, 3.05) is 5.32 Å². The van der Waals surface area contributed by atoms with E-state index in [9.17, 15) is 13.2 Å². The van der Waals surface area contributed by atoms with Crippen molar-refractivity contribution in [3.05, 3.63) is 23.8 Å². The van der Waals surface area contributed by atoms with Crippen molar-refractivity contribution < 1.29 is 13.2 Å². The van der Waals surface area contributed by atoms with Crippen LogP contribution in [0.4, 0.5) is 10.5 Å². The van der Waals surface area contributed by atoms with E-state index in [-0.39, 0.29) is 17.0 Å². The van der Waals surface area contributed by atoms with Crippen LogP contribution in [0.25, 0.3) is 0 Å². The number of sulfonamides is 1. The number of nitrogens with one attached hydrogen (secondary N) is 2. The number of benzene rings is 1. The maximum absolute atomic E-state index is 11.5. The van der Waals surface area contributed by atoms with Crippen LogP contribution in [-0.4, -0.2) is 20.5 Å². The Kier molecular flexibility index (Phi) is 3.27. The summed E-state index contributed by atoms with van der Waals surface area (Å²) >= 11 is 0. The topological polar surface area (TPSA) is 101 Å². The third kappa shape index (κ3) is 3.21. The van der Waals surface area contributed by atoms with E-state index in [0.717, 1.165) is 12.8 Å². The zero-order chi connectivity index (χ0) is 13.3. The van der Waals surface area contributed by atoms with Gasteiger partial charge in [-0.15, -0.1) is 0 Å². The molecule has 4 N–H and O–H groups in total. The summed E-state index contributed by atoms with van der Waals surface area (Å²) in [5, 5.41) is 10.5. The summed E-state index contributed by atoms with van der Waals surface area (Å²) in [4.78, 5) is 11.6. The number of anilines is 1. The van der Waals surface area contributed by atoms with E-state index in [1.54, 1.807) is 6.92 Å². The molecular formula is C11H15N3O3S. The number of nitrogens with two attached hydrogens (primary N) is 1. The van der Waals surface area contributed by atoms with Gasteiger partial charge in [-0.25, -0.2) is 18.4 Å². The molecule has 1 fully saturated rings. The SMILES string of the molecule is Cc1cc(S(N)(=O)=O)ccc1NC(=O)NC1CC1. The number of urea groups is 1. The molecule has 1 aliphatic rings. The molecule has 6 nitrogen and oxygen atoms in total. The predicted molar refractivity (Wildman–Crippen MR) is 67.7 cm³/mol. The predicted octanol–water partition coefficient (Wildman–Crippen LogP) is 0.926. The van der Waals surface area contributed by atoms with Gasteiger partial charge in [-0.3, -0.25) is 0 Å². The zero-order valence-corrected chi connectivity index (χ0v) is 10.8. The van der Waals surface area contributed by atoms with Crippen LogP contribution >= 0.6 is 0 Å². The van der Waals surface area contributed by atoms with E-state index in [1.807, 2.05) is 0 Å². The molecule has 0 saturated heterocycles. The second kappa shape index (κ2) is 4.58. The smallest absolute Gasteiger partial charge is 0.319 e. The van der Waals surface area contributed by atoms with E-state index in [1.165, 1.54) is 18.2 Å². The number of aryl methyl sites for hydroxylation is 1. The molecule has 18 heavy (non-hydrogen) atoms. The molecule has 1 saturated carbocycles. The fourth-order valence-electron chi connectivity index (χ4n) is 1.52. The van der Waals surface area contributed by atoms with Crippen molar-refractivity contribution in [2.45, 2.75) is 30.7 Å². The molecule has 2 rings (SSSR count). The molecule has 7 heteroatoms. The first kappa shape index (κ1) is 12.8. The van der Waals surface area contributed by atoms with E-state index < -0.39 is 10.0 Å². The maximum Gasteiger partial charge on any atom is 0.319 e. The molecule has 1 aliphatic carbocycles. The lowest BCUT2D eigenvalue weighted by atomic mass is 10.2. The maximum atomic E-state index is 11.5. The number of primary sulfonamides is 1. The van der Waals surface area contributed by atoms with Gasteiger partial charge in [-0.2, -0.15) is 0 Å². The molecule has 98 valence electrons. The lowest BCUT2D eigenvalue weighted by molar-refractivity contribution is 0.251. The molecule has 1 aromatic carbocycles. The number of amides is 2. The summed E-state index contributed by atoms with van der Waals surface area (Å²) in [5.74, 6) is 0. The lowest BCUT2D eigenvalue weighted by Crippen LogP contribution is -2.30. The van der Waals surface area contributed by atoms with E-state index in [0.29, 0.717) is 11.3 Å². The molecule has 0 atom stereocenters. The first-order valence-electron chi connectivity index (χ1n) is 5.57. The summed E-state index contributed by atoms with van der Waals surface area (Å²) in [6, 6.07) is 4.33. The normalized spacial score (nSPS) is 15.2. The first-order valence-corrected chi connectivity index (χ1v) is 7.12. The Balaban J connectivity index is 2.11. The fourth-order valence-corrected chi connectivity index (χ4v) is 2.12. The van der Waals surface area contributed by atoms with Crippen molar-refractivity contribution in [2.24, 2.45) is 5.14 Å². The number of carbonyl (C=O) groups is 1. The van der Waals surface area contributed by atoms with Crippen molar-refractivity contribution >= 4 is 21.7 Å². The number of hydrogen-bond acceptors (Lipinski definition) is 3. The Labute approximate surface area is 106 Å². The van der Waals surface area contributed by atoms with Gasteiger partial charge in [-0.1, -0.05) is 0 Å². The van der Waals surface area contributed by atoms with Gasteiger partial charge in [0.2, 0.25) is 10.0 Å². The number of rotatable bonds is 3. The van der Waals surface area contributed by atoms with Gasteiger partial charge in [0, 0.05) is 11.7 Å². The van der Waals surface area contributed by atoms with Gasteiger partial charge < -0.3 is 10.6 Å². The highest BCUT2D eigenvalue weighted by Gasteiger charge is 2.23. The van der Waals surface area contributed by atoms with Crippen LogP contribution in [0.5, 0.6) is 0 Å². The van der Waals surface area contributed by atoms with Crippen LogP contribution in [0.2, 0.25) is 0 Å².